The fourth-order valence-corrected chi connectivity index (χ4v) is 2.26. The van der Waals surface area contributed by atoms with E-state index in [-0.39, 0.29) is 11.0 Å². The molecular formula is C17H15ClN2O2S. The molecule has 0 fully saturated rings. The minimum Gasteiger partial charge on any atom is -0.496 e. The summed E-state index contributed by atoms with van der Waals surface area (Å²) in [4.78, 5) is 11.9. The first kappa shape index (κ1) is 17.0. The zero-order chi connectivity index (χ0) is 16.7. The fraction of sp³-hybridized carbons (Fsp3) is 0.0588. The van der Waals surface area contributed by atoms with Crippen LogP contribution in [0, 0.1) is 0 Å². The highest BCUT2D eigenvalue weighted by molar-refractivity contribution is 7.80. The fourth-order valence-electron chi connectivity index (χ4n) is 1.85. The van der Waals surface area contributed by atoms with Crippen molar-refractivity contribution in [2.45, 2.75) is 0 Å². The Balaban J connectivity index is 1.94. The average Bonchev–Trinajstić information content (AvgIpc) is 2.53. The molecule has 0 unspecified atom stereocenters. The second-order valence-electron chi connectivity index (χ2n) is 4.53. The van der Waals surface area contributed by atoms with Crippen LogP contribution < -0.4 is 15.4 Å². The lowest BCUT2D eigenvalue weighted by molar-refractivity contribution is -0.115. The number of carbonyl (C=O) groups excluding carboxylic acids is 1. The number of halogens is 1. The van der Waals surface area contributed by atoms with Crippen LogP contribution in [0.5, 0.6) is 5.75 Å². The molecule has 1 amide bonds. The smallest absolute Gasteiger partial charge is 0.250 e. The third-order valence-corrected chi connectivity index (χ3v) is 3.31. The normalized spacial score (nSPS) is 10.3. The number of hydrogen-bond donors (Lipinski definition) is 2. The average molecular weight is 347 g/mol. The summed E-state index contributed by atoms with van der Waals surface area (Å²) in [5.74, 6) is 0.353. The van der Waals surface area contributed by atoms with Crippen molar-refractivity contribution >= 4 is 46.6 Å². The molecule has 0 aromatic heterocycles. The predicted octanol–water partition coefficient (Wildman–Crippen LogP) is 3.88. The van der Waals surface area contributed by atoms with E-state index in [1.54, 1.807) is 37.5 Å². The molecule has 0 aliphatic rings. The summed E-state index contributed by atoms with van der Waals surface area (Å²) in [6.45, 7) is 0. The van der Waals surface area contributed by atoms with E-state index in [1.807, 2.05) is 24.3 Å². The Hall–Kier alpha value is -2.37. The highest BCUT2D eigenvalue weighted by Gasteiger charge is 2.03. The third kappa shape index (κ3) is 5.39. The maximum atomic E-state index is 11.9. The van der Waals surface area contributed by atoms with Gasteiger partial charge >= 0.3 is 0 Å². The van der Waals surface area contributed by atoms with Crippen molar-refractivity contribution < 1.29 is 9.53 Å². The maximum absolute atomic E-state index is 11.9. The van der Waals surface area contributed by atoms with E-state index in [4.69, 9.17) is 28.6 Å². The van der Waals surface area contributed by atoms with Crippen LogP contribution in [0.15, 0.2) is 54.6 Å². The molecule has 0 saturated carbocycles. The summed E-state index contributed by atoms with van der Waals surface area (Å²) in [5.41, 5.74) is 1.51. The van der Waals surface area contributed by atoms with Crippen LogP contribution in [0.3, 0.4) is 0 Å². The Morgan fingerprint density at radius 3 is 2.74 bits per heavy atom. The lowest BCUT2D eigenvalue weighted by atomic mass is 10.2. The van der Waals surface area contributed by atoms with Crippen LogP contribution >= 0.6 is 23.8 Å². The summed E-state index contributed by atoms with van der Waals surface area (Å²) >= 11 is 11.0. The van der Waals surface area contributed by atoms with Crippen LogP contribution in [-0.2, 0) is 4.79 Å². The van der Waals surface area contributed by atoms with Crippen LogP contribution in [-0.4, -0.2) is 18.1 Å². The number of amides is 1. The van der Waals surface area contributed by atoms with Gasteiger partial charge in [-0.3, -0.25) is 10.1 Å². The molecule has 0 heterocycles. The van der Waals surface area contributed by atoms with Crippen molar-refractivity contribution in [2.24, 2.45) is 0 Å². The molecule has 0 atom stereocenters. The van der Waals surface area contributed by atoms with Gasteiger partial charge < -0.3 is 10.1 Å². The maximum Gasteiger partial charge on any atom is 0.250 e. The van der Waals surface area contributed by atoms with Gasteiger partial charge in [0.15, 0.2) is 5.11 Å². The summed E-state index contributed by atoms with van der Waals surface area (Å²) in [6, 6.07) is 14.5. The van der Waals surface area contributed by atoms with Crippen LogP contribution in [0.1, 0.15) is 5.56 Å². The topological polar surface area (TPSA) is 50.4 Å². The monoisotopic (exact) mass is 346 g/mol. The van der Waals surface area contributed by atoms with E-state index in [0.29, 0.717) is 16.5 Å². The molecule has 0 bridgehead atoms. The van der Waals surface area contributed by atoms with E-state index >= 15 is 0 Å². The molecule has 2 aromatic rings. The molecule has 23 heavy (non-hydrogen) atoms. The number of carbonyl (C=O) groups is 1. The van der Waals surface area contributed by atoms with Crippen molar-refractivity contribution in [1.29, 1.82) is 0 Å². The second-order valence-corrected chi connectivity index (χ2v) is 5.37. The first-order valence-electron chi connectivity index (χ1n) is 6.77. The van der Waals surface area contributed by atoms with E-state index in [9.17, 15) is 4.79 Å². The number of ether oxygens (including phenoxy) is 1. The molecule has 4 nitrogen and oxygen atoms in total. The second kappa shape index (κ2) is 8.31. The van der Waals surface area contributed by atoms with E-state index in [0.717, 1.165) is 5.56 Å². The summed E-state index contributed by atoms with van der Waals surface area (Å²) < 4.78 is 5.22. The molecule has 2 N–H and O–H groups in total. The number of thiocarbonyl (C=S) groups is 1. The number of benzene rings is 2. The minimum absolute atomic E-state index is 0.196. The molecule has 0 aliphatic heterocycles. The summed E-state index contributed by atoms with van der Waals surface area (Å²) in [6.07, 6.45) is 3.06. The number of para-hydroxylation sites is 1. The first-order valence-corrected chi connectivity index (χ1v) is 7.56. The molecule has 2 rings (SSSR count). The van der Waals surface area contributed by atoms with E-state index in [1.165, 1.54) is 6.08 Å². The van der Waals surface area contributed by atoms with Gasteiger partial charge in [-0.1, -0.05) is 35.9 Å². The molecule has 0 saturated heterocycles. The van der Waals surface area contributed by atoms with Crippen LogP contribution in [0.4, 0.5) is 5.69 Å². The van der Waals surface area contributed by atoms with E-state index < -0.39 is 0 Å². The third-order valence-electron chi connectivity index (χ3n) is 2.87. The van der Waals surface area contributed by atoms with E-state index in [2.05, 4.69) is 10.6 Å². The zero-order valence-corrected chi connectivity index (χ0v) is 13.9. The number of anilines is 1. The van der Waals surface area contributed by atoms with Gasteiger partial charge in [0.1, 0.15) is 5.75 Å². The Morgan fingerprint density at radius 2 is 2.00 bits per heavy atom. The summed E-state index contributed by atoms with van der Waals surface area (Å²) in [7, 11) is 1.58. The first-order chi connectivity index (χ1) is 11.1. The Bertz CT molecular complexity index is 747. The molecule has 2 aromatic carbocycles. The number of methoxy groups -OCH3 is 1. The standard InChI is InChI=1S/C17H15ClN2O2S/c1-22-15-8-3-2-5-12(15)9-10-16(21)20-17(23)19-14-7-4-6-13(18)11-14/h2-11H,1H3,(H2,19,20,21,23). The quantitative estimate of drug-likeness (QED) is 0.651. The number of hydrogen-bond acceptors (Lipinski definition) is 3. The van der Waals surface area contributed by atoms with Crippen molar-refractivity contribution in [1.82, 2.24) is 5.32 Å². The molecule has 118 valence electrons. The molecule has 0 radical (unpaired) electrons. The molecule has 0 spiro atoms. The highest BCUT2D eigenvalue weighted by Crippen LogP contribution is 2.18. The Labute approximate surface area is 145 Å². The van der Waals surface area contributed by atoms with Gasteiger partial charge in [0, 0.05) is 22.3 Å². The van der Waals surface area contributed by atoms with Gasteiger partial charge in [-0.25, -0.2) is 0 Å². The summed E-state index contributed by atoms with van der Waals surface area (Å²) in [5, 5.41) is 6.24. The van der Waals surface area contributed by atoms with Crippen molar-refractivity contribution in [3.8, 4) is 5.75 Å². The van der Waals surface area contributed by atoms with Crippen LogP contribution in [0.25, 0.3) is 6.08 Å². The molecule has 0 aliphatic carbocycles. The molecular weight excluding hydrogens is 332 g/mol. The number of rotatable bonds is 4. The van der Waals surface area contributed by atoms with Gasteiger partial charge in [0.05, 0.1) is 7.11 Å². The van der Waals surface area contributed by atoms with Gasteiger partial charge in [-0.05, 0) is 42.6 Å². The van der Waals surface area contributed by atoms with Gasteiger partial charge in [-0.2, -0.15) is 0 Å². The lowest BCUT2D eigenvalue weighted by Gasteiger charge is -2.08. The SMILES string of the molecule is COc1ccccc1C=CC(=O)NC(=S)Nc1cccc(Cl)c1. The predicted molar refractivity (Wildman–Crippen MR) is 97.8 cm³/mol. The Kier molecular flexibility index (Phi) is 6.14. The highest BCUT2D eigenvalue weighted by atomic mass is 35.5. The van der Waals surface area contributed by atoms with Crippen molar-refractivity contribution in [3.05, 3.63) is 65.2 Å². The number of nitrogens with one attached hydrogen (secondary N) is 2. The Morgan fingerprint density at radius 1 is 1.22 bits per heavy atom. The van der Waals surface area contributed by atoms with Gasteiger partial charge in [0.2, 0.25) is 5.91 Å². The minimum atomic E-state index is -0.338. The zero-order valence-electron chi connectivity index (χ0n) is 12.4. The lowest BCUT2D eigenvalue weighted by Crippen LogP contribution is -2.32. The van der Waals surface area contributed by atoms with Gasteiger partial charge in [-0.15, -0.1) is 0 Å². The van der Waals surface area contributed by atoms with Crippen LogP contribution in [0.2, 0.25) is 5.02 Å². The largest absolute Gasteiger partial charge is 0.496 e. The van der Waals surface area contributed by atoms with Gasteiger partial charge in [0.25, 0.3) is 0 Å². The molecule has 6 heteroatoms. The van der Waals surface area contributed by atoms with Crippen molar-refractivity contribution in [3.63, 3.8) is 0 Å². The van der Waals surface area contributed by atoms with Crippen molar-refractivity contribution in [2.75, 3.05) is 12.4 Å².